The number of carbonyl (C=O) groups is 1. The summed E-state index contributed by atoms with van der Waals surface area (Å²) in [6, 6.07) is 6.89. The minimum absolute atomic E-state index is 0.186. The van der Waals surface area contributed by atoms with Crippen molar-refractivity contribution in [2.45, 2.75) is 56.3 Å². The summed E-state index contributed by atoms with van der Waals surface area (Å²) in [4.78, 5) is 12.2. The lowest BCUT2D eigenvalue weighted by molar-refractivity contribution is -0.144. The maximum Gasteiger partial charge on any atom is 0.416 e. The van der Waals surface area contributed by atoms with Crippen LogP contribution in [0.3, 0.4) is 0 Å². The number of esters is 1. The number of hydrogen-bond donors (Lipinski definition) is 1. The number of anilines is 2. The van der Waals surface area contributed by atoms with Gasteiger partial charge in [0.1, 0.15) is 0 Å². The summed E-state index contributed by atoms with van der Waals surface area (Å²) in [5.41, 5.74) is 0.461. The number of aromatic nitrogens is 2. The van der Waals surface area contributed by atoms with Gasteiger partial charge in [-0.2, -0.15) is 13.2 Å². The average Bonchev–Trinajstić information content (AvgIpc) is 3.48. The number of unbranched alkanes of at least 4 members (excludes halogenated alkanes) is 1. The topological polar surface area (TPSA) is 64.1 Å². The molecule has 0 radical (unpaired) electrons. The van der Waals surface area contributed by atoms with Crippen LogP contribution in [-0.2, 0) is 15.7 Å². The van der Waals surface area contributed by atoms with E-state index in [1.54, 1.807) is 29.2 Å². The molecule has 5 nitrogen and oxygen atoms in total. The van der Waals surface area contributed by atoms with Crippen LogP contribution in [0.5, 0.6) is 0 Å². The van der Waals surface area contributed by atoms with E-state index in [2.05, 4.69) is 29.4 Å². The highest BCUT2D eigenvalue weighted by atomic mass is 32.2. The Morgan fingerprint density at radius 2 is 2.06 bits per heavy atom. The van der Waals surface area contributed by atoms with Gasteiger partial charge >= 0.3 is 12.1 Å². The van der Waals surface area contributed by atoms with E-state index in [0.29, 0.717) is 40.5 Å². The molecule has 190 valence electrons. The Labute approximate surface area is 215 Å². The Hall–Kier alpha value is -2.11. The highest BCUT2D eigenvalue weighted by Gasteiger charge is 2.30. The first-order chi connectivity index (χ1) is 16.8. The Kier molecular flexibility index (Phi) is 10.4. The average molecular weight is 544 g/mol. The number of nitrogens with zero attached hydrogens (tertiary/aromatic N) is 2. The molecule has 35 heavy (non-hydrogen) atoms. The van der Waals surface area contributed by atoms with Crippen molar-refractivity contribution in [3.8, 4) is 10.6 Å². The van der Waals surface area contributed by atoms with Crippen LogP contribution >= 0.6 is 34.4 Å². The lowest BCUT2D eigenvalue weighted by Crippen LogP contribution is -2.14. The summed E-state index contributed by atoms with van der Waals surface area (Å²) in [6.07, 6.45) is 0.293. The molecule has 0 fully saturated rings. The molecule has 3 rings (SSSR count). The van der Waals surface area contributed by atoms with Crippen molar-refractivity contribution in [2.75, 3.05) is 17.7 Å². The van der Waals surface area contributed by atoms with Crippen LogP contribution in [0.2, 0.25) is 0 Å². The second-order valence-electron chi connectivity index (χ2n) is 7.94. The minimum Gasteiger partial charge on any atom is -0.465 e. The van der Waals surface area contributed by atoms with Crippen molar-refractivity contribution < 1.29 is 22.7 Å². The molecule has 11 heteroatoms. The number of halogens is 3. The van der Waals surface area contributed by atoms with E-state index >= 15 is 0 Å². The maximum atomic E-state index is 12.9. The number of alkyl halides is 3. The highest BCUT2D eigenvalue weighted by Crippen LogP contribution is 2.39. The van der Waals surface area contributed by atoms with E-state index in [9.17, 15) is 18.0 Å². The van der Waals surface area contributed by atoms with E-state index in [1.807, 2.05) is 11.4 Å². The third-order valence-corrected chi connectivity index (χ3v) is 8.40. The second-order valence-corrected chi connectivity index (χ2v) is 11.2. The lowest BCUT2D eigenvalue weighted by Gasteiger charge is -2.14. The maximum absolute atomic E-state index is 12.9. The molecule has 0 aliphatic heterocycles. The summed E-state index contributed by atoms with van der Waals surface area (Å²) in [5, 5.41) is 14.2. The first-order valence-electron chi connectivity index (χ1n) is 11.4. The van der Waals surface area contributed by atoms with Gasteiger partial charge in [-0.25, -0.2) is 0 Å². The SMILES string of the molecule is CCCCC(CC)COC(=O)CCSc1sccc1-c1nnc(Nc2cccc(C(F)(F)F)c2)s1. The van der Waals surface area contributed by atoms with Gasteiger partial charge in [0.15, 0.2) is 5.01 Å². The molecule has 1 atom stereocenters. The van der Waals surface area contributed by atoms with Gasteiger partial charge in [0.2, 0.25) is 5.13 Å². The molecule has 1 N–H and O–H groups in total. The van der Waals surface area contributed by atoms with Crippen molar-refractivity contribution in [3.63, 3.8) is 0 Å². The van der Waals surface area contributed by atoms with Gasteiger partial charge in [-0.3, -0.25) is 4.79 Å². The molecule has 0 bridgehead atoms. The van der Waals surface area contributed by atoms with Gasteiger partial charge in [-0.1, -0.05) is 50.5 Å². The summed E-state index contributed by atoms with van der Waals surface area (Å²) in [5.74, 6) is 0.826. The molecule has 3 aromatic rings. The van der Waals surface area contributed by atoms with Crippen LogP contribution in [0.1, 0.15) is 51.5 Å². The molecule has 1 aromatic carbocycles. The number of thiophene rings is 1. The van der Waals surface area contributed by atoms with Crippen LogP contribution in [0, 0.1) is 5.92 Å². The number of benzene rings is 1. The standard InChI is InChI=1S/C24H28F3N3O2S3/c1-3-5-7-16(4-2)15-32-20(31)11-13-34-22-19(10-12-33-22)21-29-30-23(35-21)28-18-9-6-8-17(14-18)24(25,26)27/h6,8-10,12,14,16H,3-5,7,11,13,15H2,1-2H3,(H,28,30). The number of carbonyl (C=O) groups excluding carboxylic acids is 1. The molecule has 0 saturated heterocycles. The van der Waals surface area contributed by atoms with Crippen molar-refractivity contribution in [1.29, 1.82) is 0 Å². The van der Waals surface area contributed by atoms with Crippen molar-refractivity contribution in [3.05, 3.63) is 41.3 Å². The van der Waals surface area contributed by atoms with Crippen molar-refractivity contribution in [1.82, 2.24) is 10.2 Å². The normalized spacial score (nSPS) is 12.5. The van der Waals surface area contributed by atoms with Gasteiger partial charge < -0.3 is 10.1 Å². The number of thioether (sulfide) groups is 1. The van der Waals surface area contributed by atoms with Crippen molar-refractivity contribution in [2.24, 2.45) is 5.92 Å². The van der Waals surface area contributed by atoms with Crippen LogP contribution in [0.25, 0.3) is 10.6 Å². The predicted octanol–water partition coefficient (Wildman–Crippen LogP) is 8.27. The molecule has 0 amide bonds. The zero-order chi connectivity index (χ0) is 25.3. The van der Waals surface area contributed by atoms with Gasteiger partial charge in [0, 0.05) is 17.0 Å². The molecule has 2 heterocycles. The molecule has 0 spiro atoms. The number of nitrogens with one attached hydrogen (secondary N) is 1. The van der Waals surface area contributed by atoms with E-state index in [0.717, 1.165) is 47.6 Å². The van der Waals surface area contributed by atoms with Crippen LogP contribution in [0.4, 0.5) is 24.0 Å². The fourth-order valence-corrected chi connectivity index (χ4v) is 6.26. The monoisotopic (exact) mass is 543 g/mol. The van der Waals surface area contributed by atoms with Gasteiger partial charge in [-0.15, -0.1) is 33.3 Å². The first-order valence-corrected chi connectivity index (χ1v) is 14.1. The summed E-state index contributed by atoms with van der Waals surface area (Å²) in [7, 11) is 0. The van der Waals surface area contributed by atoms with E-state index in [-0.39, 0.29) is 5.97 Å². The second kappa shape index (κ2) is 13.3. The highest BCUT2D eigenvalue weighted by molar-refractivity contribution is 8.01. The van der Waals surface area contributed by atoms with E-state index in [4.69, 9.17) is 4.74 Å². The number of ether oxygens (including phenoxy) is 1. The molecule has 1 unspecified atom stereocenters. The van der Waals surface area contributed by atoms with Gasteiger partial charge in [0.25, 0.3) is 0 Å². The third kappa shape index (κ3) is 8.50. The van der Waals surface area contributed by atoms with Crippen LogP contribution in [-0.4, -0.2) is 28.5 Å². The van der Waals surface area contributed by atoms with Crippen molar-refractivity contribution >= 4 is 51.2 Å². The lowest BCUT2D eigenvalue weighted by atomic mass is 10.0. The summed E-state index contributed by atoms with van der Waals surface area (Å²) < 4.78 is 45.3. The Bertz CT molecular complexity index is 1090. The molecule has 0 saturated carbocycles. The number of hydrogen-bond acceptors (Lipinski definition) is 8. The fraction of sp³-hybridized carbons (Fsp3) is 0.458. The predicted molar refractivity (Wildman–Crippen MR) is 138 cm³/mol. The van der Waals surface area contributed by atoms with Crippen LogP contribution < -0.4 is 5.32 Å². The largest absolute Gasteiger partial charge is 0.465 e. The molecular formula is C24H28F3N3O2S3. The molecule has 0 aliphatic carbocycles. The van der Waals surface area contributed by atoms with E-state index in [1.165, 1.54) is 17.4 Å². The zero-order valence-corrected chi connectivity index (χ0v) is 22.0. The zero-order valence-electron chi connectivity index (χ0n) is 19.6. The quantitative estimate of drug-likeness (QED) is 0.173. The first kappa shape index (κ1) is 27.5. The Balaban J connectivity index is 1.52. The Morgan fingerprint density at radius 1 is 1.23 bits per heavy atom. The summed E-state index contributed by atoms with van der Waals surface area (Å²) in [6.45, 7) is 4.76. The number of rotatable bonds is 13. The van der Waals surface area contributed by atoms with Crippen LogP contribution in [0.15, 0.2) is 39.9 Å². The Morgan fingerprint density at radius 3 is 2.80 bits per heavy atom. The smallest absolute Gasteiger partial charge is 0.416 e. The third-order valence-electron chi connectivity index (χ3n) is 5.29. The van der Waals surface area contributed by atoms with E-state index < -0.39 is 11.7 Å². The summed E-state index contributed by atoms with van der Waals surface area (Å²) >= 11 is 4.37. The molecule has 0 aliphatic rings. The minimum atomic E-state index is -4.41. The molecular weight excluding hydrogens is 515 g/mol. The fourth-order valence-electron chi connectivity index (χ4n) is 3.25. The molecule has 2 aromatic heterocycles. The van der Waals surface area contributed by atoms with Gasteiger partial charge in [-0.05, 0) is 42.0 Å². The van der Waals surface area contributed by atoms with Gasteiger partial charge in [0.05, 0.1) is 22.8 Å².